The van der Waals surface area contributed by atoms with Crippen molar-refractivity contribution in [2.24, 2.45) is 5.92 Å². The first kappa shape index (κ1) is 19.9. The number of ether oxygens (including phenoxy) is 1. The molecule has 2 saturated heterocycles. The predicted octanol–water partition coefficient (Wildman–Crippen LogP) is 3.77. The van der Waals surface area contributed by atoms with E-state index in [4.69, 9.17) is 4.74 Å². The van der Waals surface area contributed by atoms with Crippen molar-refractivity contribution in [3.63, 3.8) is 0 Å². The molecule has 2 aliphatic heterocycles. The second-order valence-corrected chi connectivity index (χ2v) is 8.39. The highest BCUT2D eigenvalue weighted by Gasteiger charge is 2.34. The average molecular weight is 394 g/mol. The van der Waals surface area contributed by atoms with Crippen LogP contribution in [0.25, 0.3) is 0 Å². The highest BCUT2D eigenvalue weighted by atomic mass is 16.5. The fourth-order valence-corrected chi connectivity index (χ4v) is 4.53. The molecule has 154 valence electrons. The first-order valence-corrected chi connectivity index (χ1v) is 10.6. The van der Waals surface area contributed by atoms with Crippen LogP contribution in [0.15, 0.2) is 42.5 Å². The second kappa shape index (κ2) is 8.56. The van der Waals surface area contributed by atoms with Gasteiger partial charge < -0.3 is 9.64 Å². The fourth-order valence-electron chi connectivity index (χ4n) is 4.53. The zero-order valence-corrected chi connectivity index (χ0v) is 17.6. The number of hydrogen-bond donors (Lipinski definition) is 2. The van der Waals surface area contributed by atoms with Crippen LogP contribution in [0.2, 0.25) is 0 Å². The summed E-state index contributed by atoms with van der Waals surface area (Å²) in [6.07, 6.45) is 3.14. The van der Waals surface area contributed by atoms with Crippen molar-refractivity contribution >= 4 is 5.91 Å². The standard InChI is InChI=1S/C24H31N3O2/c1-16-7-8-20(13-17(16)2)24(28)27-11-9-18(10-12-27)22-15-23(26-25-22)19-5-4-6-21(14-19)29-3/h4-8,13-14,18,22-23,25-26H,9-12,15H2,1-3H3. The third-order valence-electron chi connectivity index (χ3n) is 6.58. The molecule has 2 N–H and O–H groups in total. The zero-order valence-electron chi connectivity index (χ0n) is 17.6. The Kier molecular flexibility index (Phi) is 5.88. The van der Waals surface area contributed by atoms with Gasteiger partial charge in [0.15, 0.2) is 0 Å². The molecule has 4 rings (SSSR count). The molecule has 2 unspecified atom stereocenters. The number of rotatable bonds is 4. The maximum atomic E-state index is 12.9. The molecule has 0 bridgehead atoms. The van der Waals surface area contributed by atoms with Gasteiger partial charge >= 0.3 is 0 Å². The van der Waals surface area contributed by atoms with E-state index in [1.807, 2.05) is 35.2 Å². The summed E-state index contributed by atoms with van der Waals surface area (Å²) >= 11 is 0. The number of amides is 1. The van der Waals surface area contributed by atoms with E-state index in [1.165, 1.54) is 16.7 Å². The minimum Gasteiger partial charge on any atom is -0.497 e. The molecule has 1 amide bonds. The van der Waals surface area contributed by atoms with Gasteiger partial charge in [-0.25, -0.2) is 0 Å². The summed E-state index contributed by atoms with van der Waals surface area (Å²) in [7, 11) is 1.70. The van der Waals surface area contributed by atoms with Gasteiger partial charge in [-0.2, -0.15) is 0 Å². The van der Waals surface area contributed by atoms with Crippen molar-refractivity contribution in [3.8, 4) is 5.75 Å². The number of nitrogens with one attached hydrogen (secondary N) is 2. The first-order chi connectivity index (χ1) is 14.0. The molecule has 2 aliphatic rings. The molecule has 2 atom stereocenters. The SMILES string of the molecule is COc1cccc(C2CC(C3CCN(C(=O)c4ccc(C)c(C)c4)CC3)NN2)c1. The maximum Gasteiger partial charge on any atom is 0.253 e. The summed E-state index contributed by atoms with van der Waals surface area (Å²) < 4.78 is 5.36. The summed E-state index contributed by atoms with van der Waals surface area (Å²) in [6.45, 7) is 5.81. The third kappa shape index (κ3) is 4.31. The molecule has 2 heterocycles. The molecule has 29 heavy (non-hydrogen) atoms. The molecule has 5 heteroatoms. The van der Waals surface area contributed by atoms with Crippen molar-refractivity contribution < 1.29 is 9.53 Å². The number of aryl methyl sites for hydroxylation is 2. The number of piperidine rings is 1. The van der Waals surface area contributed by atoms with Gasteiger partial charge in [-0.15, -0.1) is 0 Å². The number of carbonyl (C=O) groups excluding carboxylic acids is 1. The molecule has 0 radical (unpaired) electrons. The molecule has 2 aromatic rings. The topological polar surface area (TPSA) is 53.6 Å². The van der Waals surface area contributed by atoms with E-state index in [0.717, 1.165) is 43.7 Å². The van der Waals surface area contributed by atoms with E-state index in [1.54, 1.807) is 7.11 Å². The minimum atomic E-state index is 0.165. The number of carbonyl (C=O) groups is 1. The van der Waals surface area contributed by atoms with E-state index in [2.05, 4.69) is 36.8 Å². The molecular weight excluding hydrogens is 362 g/mol. The Hall–Kier alpha value is -2.37. The van der Waals surface area contributed by atoms with Crippen LogP contribution >= 0.6 is 0 Å². The Labute approximate surface area is 173 Å². The first-order valence-electron chi connectivity index (χ1n) is 10.6. The van der Waals surface area contributed by atoms with Crippen LogP contribution in [0.1, 0.15) is 52.4 Å². The molecule has 2 aromatic carbocycles. The van der Waals surface area contributed by atoms with E-state index < -0.39 is 0 Å². The third-order valence-corrected chi connectivity index (χ3v) is 6.58. The number of nitrogens with zero attached hydrogens (tertiary/aromatic N) is 1. The predicted molar refractivity (Wildman–Crippen MR) is 115 cm³/mol. The molecule has 0 spiro atoms. The lowest BCUT2D eigenvalue weighted by Gasteiger charge is -2.34. The monoisotopic (exact) mass is 393 g/mol. The van der Waals surface area contributed by atoms with Crippen LogP contribution in [0.3, 0.4) is 0 Å². The van der Waals surface area contributed by atoms with Gasteiger partial charge in [-0.1, -0.05) is 18.2 Å². The number of benzene rings is 2. The molecule has 2 fully saturated rings. The highest BCUT2D eigenvalue weighted by molar-refractivity contribution is 5.94. The number of hydrogen-bond acceptors (Lipinski definition) is 4. The Morgan fingerprint density at radius 2 is 1.83 bits per heavy atom. The van der Waals surface area contributed by atoms with Crippen molar-refractivity contribution in [2.45, 2.75) is 45.2 Å². The van der Waals surface area contributed by atoms with Crippen LogP contribution in [-0.4, -0.2) is 37.0 Å². The van der Waals surface area contributed by atoms with Gasteiger partial charge in [0, 0.05) is 30.7 Å². The van der Waals surface area contributed by atoms with Gasteiger partial charge in [0.1, 0.15) is 5.75 Å². The van der Waals surface area contributed by atoms with E-state index in [-0.39, 0.29) is 5.91 Å². The van der Waals surface area contributed by atoms with Crippen molar-refractivity contribution in [1.29, 1.82) is 0 Å². The Morgan fingerprint density at radius 1 is 1.03 bits per heavy atom. The Balaban J connectivity index is 1.33. The smallest absolute Gasteiger partial charge is 0.253 e. The summed E-state index contributed by atoms with van der Waals surface area (Å²) in [6, 6.07) is 15.0. The van der Waals surface area contributed by atoms with Crippen LogP contribution in [0.4, 0.5) is 0 Å². The largest absolute Gasteiger partial charge is 0.497 e. The van der Waals surface area contributed by atoms with Gasteiger partial charge in [-0.3, -0.25) is 15.6 Å². The van der Waals surface area contributed by atoms with Crippen LogP contribution < -0.4 is 15.6 Å². The van der Waals surface area contributed by atoms with Crippen molar-refractivity contribution in [3.05, 3.63) is 64.7 Å². The van der Waals surface area contributed by atoms with Gasteiger partial charge in [0.25, 0.3) is 5.91 Å². The lowest BCUT2D eigenvalue weighted by Crippen LogP contribution is -2.44. The number of likely N-dealkylation sites (tertiary alicyclic amines) is 1. The second-order valence-electron chi connectivity index (χ2n) is 8.39. The molecule has 0 aromatic heterocycles. The molecule has 0 aliphatic carbocycles. The van der Waals surface area contributed by atoms with Gasteiger partial charge in [-0.05, 0) is 80.0 Å². The molecular formula is C24H31N3O2. The van der Waals surface area contributed by atoms with E-state index in [9.17, 15) is 4.79 Å². The fraction of sp³-hybridized carbons (Fsp3) is 0.458. The van der Waals surface area contributed by atoms with E-state index >= 15 is 0 Å². The lowest BCUT2D eigenvalue weighted by molar-refractivity contribution is 0.0673. The zero-order chi connectivity index (χ0) is 20.4. The summed E-state index contributed by atoms with van der Waals surface area (Å²) in [5.74, 6) is 1.64. The van der Waals surface area contributed by atoms with Gasteiger partial charge in [0.2, 0.25) is 0 Å². The van der Waals surface area contributed by atoms with Crippen LogP contribution in [0.5, 0.6) is 5.75 Å². The normalized spacial score (nSPS) is 22.7. The summed E-state index contributed by atoms with van der Waals surface area (Å²) in [4.78, 5) is 14.9. The van der Waals surface area contributed by atoms with Crippen molar-refractivity contribution in [1.82, 2.24) is 15.8 Å². The molecule has 0 saturated carbocycles. The summed E-state index contributed by atoms with van der Waals surface area (Å²) in [5.41, 5.74) is 11.4. The number of methoxy groups -OCH3 is 1. The molecule has 5 nitrogen and oxygen atoms in total. The van der Waals surface area contributed by atoms with Crippen LogP contribution in [-0.2, 0) is 0 Å². The lowest BCUT2D eigenvalue weighted by atomic mass is 9.86. The van der Waals surface area contributed by atoms with Crippen molar-refractivity contribution in [2.75, 3.05) is 20.2 Å². The number of hydrazine groups is 1. The highest BCUT2D eigenvalue weighted by Crippen LogP contribution is 2.32. The Bertz CT molecular complexity index is 874. The average Bonchev–Trinajstić information content (AvgIpc) is 3.26. The van der Waals surface area contributed by atoms with Gasteiger partial charge in [0.05, 0.1) is 7.11 Å². The van der Waals surface area contributed by atoms with Crippen LogP contribution in [0, 0.1) is 19.8 Å². The minimum absolute atomic E-state index is 0.165. The Morgan fingerprint density at radius 3 is 2.55 bits per heavy atom. The quantitative estimate of drug-likeness (QED) is 0.830. The summed E-state index contributed by atoms with van der Waals surface area (Å²) in [5, 5.41) is 0. The van der Waals surface area contributed by atoms with E-state index in [0.29, 0.717) is 18.0 Å². The maximum absolute atomic E-state index is 12.9.